The van der Waals surface area contributed by atoms with E-state index in [1.54, 1.807) is 23.9 Å². The molecule has 19 heavy (non-hydrogen) atoms. The zero-order valence-electron chi connectivity index (χ0n) is 10.6. The molecule has 0 N–H and O–H groups in total. The number of rotatable bonds is 4. The topological polar surface area (TPSA) is 40.9 Å². The Balaban J connectivity index is 2.18. The SMILES string of the molecule is Cc1ccccc1CSc1ccc(C=O)cc1C#N. The third-order valence-corrected chi connectivity index (χ3v) is 4.03. The molecule has 0 spiro atoms. The minimum absolute atomic E-state index is 0.539. The summed E-state index contributed by atoms with van der Waals surface area (Å²) in [4.78, 5) is 11.6. The van der Waals surface area contributed by atoms with Gasteiger partial charge in [0.15, 0.2) is 0 Å². The van der Waals surface area contributed by atoms with Gasteiger partial charge in [0.05, 0.1) is 5.56 Å². The molecule has 0 aromatic heterocycles. The number of benzene rings is 2. The van der Waals surface area contributed by atoms with Crippen LogP contribution in [0, 0.1) is 18.3 Å². The van der Waals surface area contributed by atoms with Gasteiger partial charge in [-0.3, -0.25) is 4.79 Å². The van der Waals surface area contributed by atoms with Gasteiger partial charge in [-0.15, -0.1) is 11.8 Å². The Morgan fingerprint density at radius 2 is 2.05 bits per heavy atom. The molecule has 2 nitrogen and oxygen atoms in total. The Kier molecular flexibility index (Phi) is 4.38. The second kappa shape index (κ2) is 6.21. The maximum atomic E-state index is 10.7. The number of thioether (sulfide) groups is 1. The highest BCUT2D eigenvalue weighted by Gasteiger charge is 2.05. The summed E-state index contributed by atoms with van der Waals surface area (Å²) in [6.07, 6.45) is 0.761. The molecule has 3 heteroatoms. The predicted molar refractivity (Wildman–Crippen MR) is 77.3 cm³/mol. The Bertz CT molecular complexity index is 643. The van der Waals surface area contributed by atoms with Gasteiger partial charge in [0, 0.05) is 16.2 Å². The van der Waals surface area contributed by atoms with Crippen LogP contribution in [-0.2, 0) is 5.75 Å². The number of nitrogens with zero attached hydrogens (tertiary/aromatic N) is 1. The van der Waals surface area contributed by atoms with E-state index >= 15 is 0 Å². The van der Waals surface area contributed by atoms with Crippen LogP contribution in [-0.4, -0.2) is 6.29 Å². The van der Waals surface area contributed by atoms with Gasteiger partial charge >= 0.3 is 0 Å². The van der Waals surface area contributed by atoms with Crippen LogP contribution in [0.5, 0.6) is 0 Å². The minimum Gasteiger partial charge on any atom is -0.298 e. The Morgan fingerprint density at radius 3 is 2.74 bits per heavy atom. The normalized spacial score (nSPS) is 9.89. The molecule has 0 bridgehead atoms. The number of carbonyl (C=O) groups is 1. The summed E-state index contributed by atoms with van der Waals surface area (Å²) in [5.74, 6) is 0.821. The lowest BCUT2D eigenvalue weighted by atomic mass is 10.1. The molecule has 2 aromatic carbocycles. The van der Waals surface area contributed by atoms with Crippen LogP contribution in [0.2, 0.25) is 0 Å². The molecule has 0 aliphatic heterocycles. The Morgan fingerprint density at radius 1 is 1.26 bits per heavy atom. The van der Waals surface area contributed by atoms with Crippen LogP contribution in [0.4, 0.5) is 0 Å². The van der Waals surface area contributed by atoms with E-state index < -0.39 is 0 Å². The molecule has 0 amide bonds. The van der Waals surface area contributed by atoms with E-state index in [2.05, 4.69) is 25.1 Å². The molecule has 0 saturated heterocycles. The number of carbonyl (C=O) groups excluding carboxylic acids is 1. The van der Waals surface area contributed by atoms with Crippen LogP contribution in [0.3, 0.4) is 0 Å². The lowest BCUT2D eigenvalue weighted by molar-refractivity contribution is 0.112. The second-order valence-electron chi connectivity index (χ2n) is 4.20. The molecular formula is C16H13NOS. The monoisotopic (exact) mass is 267 g/mol. The standard InChI is InChI=1S/C16H13NOS/c1-12-4-2-3-5-14(12)11-19-16-7-6-13(10-18)8-15(16)9-17/h2-8,10H,11H2,1H3. The quantitative estimate of drug-likeness (QED) is 0.621. The third-order valence-electron chi connectivity index (χ3n) is 2.90. The van der Waals surface area contributed by atoms with Crippen molar-refractivity contribution >= 4 is 18.0 Å². The summed E-state index contributed by atoms with van der Waals surface area (Å²) < 4.78 is 0. The molecule has 0 saturated carbocycles. The highest BCUT2D eigenvalue weighted by atomic mass is 32.2. The lowest BCUT2D eigenvalue weighted by Crippen LogP contribution is -1.89. The number of hydrogen-bond acceptors (Lipinski definition) is 3. The minimum atomic E-state index is 0.539. The molecule has 0 atom stereocenters. The van der Waals surface area contributed by atoms with E-state index in [4.69, 9.17) is 5.26 Å². The van der Waals surface area contributed by atoms with Gasteiger partial charge in [-0.05, 0) is 30.2 Å². The van der Waals surface area contributed by atoms with E-state index in [0.29, 0.717) is 11.1 Å². The molecule has 0 heterocycles. The van der Waals surface area contributed by atoms with Crippen LogP contribution >= 0.6 is 11.8 Å². The first-order chi connectivity index (χ1) is 9.24. The van der Waals surface area contributed by atoms with Crippen molar-refractivity contribution in [3.8, 4) is 6.07 Å². The second-order valence-corrected chi connectivity index (χ2v) is 5.22. The molecule has 0 radical (unpaired) electrons. The van der Waals surface area contributed by atoms with Crippen molar-refractivity contribution in [2.75, 3.05) is 0 Å². The van der Waals surface area contributed by atoms with E-state index in [1.165, 1.54) is 11.1 Å². The van der Waals surface area contributed by atoms with Crippen LogP contribution < -0.4 is 0 Å². The molecule has 0 fully saturated rings. The summed E-state index contributed by atoms with van der Waals surface area (Å²) in [5, 5.41) is 9.11. The number of aryl methyl sites for hydroxylation is 1. The van der Waals surface area contributed by atoms with Gasteiger partial charge in [-0.2, -0.15) is 5.26 Å². The smallest absolute Gasteiger partial charge is 0.150 e. The van der Waals surface area contributed by atoms with E-state index in [0.717, 1.165) is 16.9 Å². The van der Waals surface area contributed by atoms with E-state index in [1.807, 2.05) is 18.2 Å². The van der Waals surface area contributed by atoms with Gasteiger partial charge in [-0.1, -0.05) is 30.3 Å². The zero-order chi connectivity index (χ0) is 13.7. The largest absolute Gasteiger partial charge is 0.298 e. The average molecular weight is 267 g/mol. The van der Waals surface area contributed by atoms with Gasteiger partial charge in [0.1, 0.15) is 12.4 Å². The van der Waals surface area contributed by atoms with Gasteiger partial charge < -0.3 is 0 Å². The van der Waals surface area contributed by atoms with Crippen molar-refractivity contribution in [1.29, 1.82) is 5.26 Å². The predicted octanol–water partition coefficient (Wildman–Crippen LogP) is 3.97. The number of hydrogen-bond donors (Lipinski definition) is 0. The maximum Gasteiger partial charge on any atom is 0.150 e. The summed E-state index contributed by atoms with van der Waals surface area (Å²) in [5.41, 5.74) is 3.61. The van der Waals surface area contributed by atoms with E-state index in [9.17, 15) is 4.79 Å². The Labute approximate surface area is 117 Å². The fourth-order valence-electron chi connectivity index (χ4n) is 1.76. The van der Waals surface area contributed by atoms with Crippen molar-refractivity contribution < 1.29 is 4.79 Å². The molecular weight excluding hydrogens is 254 g/mol. The molecule has 2 rings (SSSR count). The average Bonchev–Trinajstić information content (AvgIpc) is 2.46. The lowest BCUT2D eigenvalue weighted by Gasteiger charge is -2.07. The summed E-state index contributed by atoms with van der Waals surface area (Å²) >= 11 is 1.62. The summed E-state index contributed by atoms with van der Waals surface area (Å²) in [7, 11) is 0. The van der Waals surface area contributed by atoms with Crippen molar-refractivity contribution in [3.05, 3.63) is 64.7 Å². The highest BCUT2D eigenvalue weighted by Crippen LogP contribution is 2.27. The summed E-state index contributed by atoms with van der Waals surface area (Å²) in [6, 6.07) is 15.6. The van der Waals surface area contributed by atoms with Gasteiger partial charge in [0.2, 0.25) is 0 Å². The van der Waals surface area contributed by atoms with Crippen molar-refractivity contribution in [1.82, 2.24) is 0 Å². The first-order valence-corrected chi connectivity index (χ1v) is 6.90. The number of nitriles is 1. The zero-order valence-corrected chi connectivity index (χ0v) is 11.4. The molecule has 0 aliphatic carbocycles. The number of aldehydes is 1. The first kappa shape index (κ1) is 13.4. The van der Waals surface area contributed by atoms with E-state index in [-0.39, 0.29) is 0 Å². The van der Waals surface area contributed by atoms with Crippen LogP contribution in [0.1, 0.15) is 27.0 Å². The Hall–Kier alpha value is -2.05. The fraction of sp³-hybridized carbons (Fsp3) is 0.125. The van der Waals surface area contributed by atoms with Crippen molar-refractivity contribution in [2.45, 2.75) is 17.6 Å². The fourth-order valence-corrected chi connectivity index (χ4v) is 2.82. The third kappa shape index (κ3) is 3.24. The summed E-state index contributed by atoms with van der Waals surface area (Å²) in [6.45, 7) is 2.08. The van der Waals surface area contributed by atoms with Gasteiger partial charge in [0.25, 0.3) is 0 Å². The molecule has 94 valence electrons. The maximum absolute atomic E-state index is 10.7. The highest BCUT2D eigenvalue weighted by molar-refractivity contribution is 7.98. The van der Waals surface area contributed by atoms with Crippen LogP contribution in [0.15, 0.2) is 47.4 Å². The van der Waals surface area contributed by atoms with Crippen LogP contribution in [0.25, 0.3) is 0 Å². The molecule has 2 aromatic rings. The molecule has 0 unspecified atom stereocenters. The van der Waals surface area contributed by atoms with Gasteiger partial charge in [-0.25, -0.2) is 0 Å². The van der Waals surface area contributed by atoms with Crippen molar-refractivity contribution in [3.63, 3.8) is 0 Å². The molecule has 0 aliphatic rings. The van der Waals surface area contributed by atoms with Crippen molar-refractivity contribution in [2.24, 2.45) is 0 Å². The first-order valence-electron chi connectivity index (χ1n) is 5.91.